The van der Waals surface area contributed by atoms with Gasteiger partial charge in [-0.3, -0.25) is 4.79 Å². The molecule has 0 fully saturated rings. The lowest BCUT2D eigenvalue weighted by Gasteiger charge is -2.02. The molecule has 17 heavy (non-hydrogen) atoms. The van der Waals surface area contributed by atoms with E-state index < -0.39 is 18.1 Å². The zero-order chi connectivity index (χ0) is 13.8. The van der Waals surface area contributed by atoms with Gasteiger partial charge in [0, 0.05) is 0 Å². The van der Waals surface area contributed by atoms with E-state index in [1.165, 1.54) is 0 Å². The SMILES string of the molecule is CCCC(O)C(O)=S.CSCCC(N)C(=O)O. The van der Waals surface area contributed by atoms with Crippen molar-refractivity contribution in [2.45, 2.75) is 38.3 Å². The van der Waals surface area contributed by atoms with E-state index in [0.29, 0.717) is 12.8 Å². The van der Waals surface area contributed by atoms with E-state index in [1.807, 2.05) is 13.2 Å². The van der Waals surface area contributed by atoms with Gasteiger partial charge in [0.05, 0.1) is 0 Å². The van der Waals surface area contributed by atoms with Crippen molar-refractivity contribution in [1.29, 1.82) is 0 Å². The molecule has 0 aromatic carbocycles. The van der Waals surface area contributed by atoms with Crippen LogP contribution in [0.2, 0.25) is 0 Å². The Morgan fingerprint density at radius 3 is 2.18 bits per heavy atom. The molecule has 0 aromatic heterocycles. The number of aliphatic carboxylic acids is 1. The summed E-state index contributed by atoms with van der Waals surface area (Å²) in [6.07, 6.45) is 3.07. The quantitative estimate of drug-likeness (QED) is 0.520. The minimum absolute atomic E-state index is 0.299. The Morgan fingerprint density at radius 2 is 1.94 bits per heavy atom. The van der Waals surface area contributed by atoms with Crippen LogP contribution in [0.25, 0.3) is 0 Å². The number of carbonyl (C=O) groups is 1. The standard InChI is InChI=1S/C5H11NO2S.C5H10O2S/c1-9-3-2-4(6)5(7)8;1-2-3-4(6)5(7)8/h4H,2-3,6H2,1H3,(H,7,8);4,6H,2-3H2,1H3,(H,7,8). The summed E-state index contributed by atoms with van der Waals surface area (Å²) >= 11 is 5.89. The Kier molecular flexibility index (Phi) is 13.5. The number of carboxylic acid groups (broad SMARTS) is 1. The largest absolute Gasteiger partial charge is 0.500 e. The minimum atomic E-state index is -0.913. The number of aliphatic hydroxyl groups excluding tert-OH is 2. The zero-order valence-electron chi connectivity index (χ0n) is 10.1. The minimum Gasteiger partial charge on any atom is -0.500 e. The highest BCUT2D eigenvalue weighted by Gasteiger charge is 2.09. The molecule has 0 amide bonds. The third kappa shape index (κ3) is 13.6. The Hall–Kier alpha value is -0.370. The molecule has 0 aliphatic heterocycles. The third-order valence-corrected chi connectivity index (χ3v) is 2.71. The highest BCUT2D eigenvalue weighted by atomic mass is 32.2. The maximum atomic E-state index is 10.1. The van der Waals surface area contributed by atoms with Gasteiger partial charge in [0.15, 0.2) is 5.05 Å². The fourth-order valence-electron chi connectivity index (χ4n) is 0.765. The molecule has 0 spiro atoms. The van der Waals surface area contributed by atoms with Crippen LogP contribution in [0.1, 0.15) is 26.2 Å². The van der Waals surface area contributed by atoms with E-state index >= 15 is 0 Å². The topological polar surface area (TPSA) is 104 Å². The van der Waals surface area contributed by atoms with Gasteiger partial charge in [0.1, 0.15) is 12.1 Å². The van der Waals surface area contributed by atoms with E-state index in [4.69, 9.17) is 21.1 Å². The summed E-state index contributed by atoms with van der Waals surface area (Å²) in [6.45, 7) is 1.92. The highest BCUT2D eigenvalue weighted by molar-refractivity contribution is 7.98. The van der Waals surface area contributed by atoms with Gasteiger partial charge >= 0.3 is 5.97 Å². The summed E-state index contributed by atoms with van der Waals surface area (Å²) in [5.74, 6) is -0.1000. The number of hydrogen-bond donors (Lipinski definition) is 4. The molecule has 0 aromatic rings. The molecule has 0 aliphatic rings. The lowest BCUT2D eigenvalue weighted by atomic mass is 10.2. The summed E-state index contributed by atoms with van der Waals surface area (Å²) in [4.78, 5) is 10.1. The van der Waals surface area contributed by atoms with Crippen molar-refractivity contribution in [1.82, 2.24) is 0 Å². The number of carboxylic acids is 1. The molecule has 5 N–H and O–H groups in total. The van der Waals surface area contributed by atoms with Crippen LogP contribution in [0.3, 0.4) is 0 Å². The van der Waals surface area contributed by atoms with Crippen LogP contribution >= 0.6 is 24.0 Å². The molecule has 0 bridgehead atoms. The predicted molar refractivity (Wildman–Crippen MR) is 74.8 cm³/mol. The van der Waals surface area contributed by atoms with Crippen molar-refractivity contribution >= 4 is 35.0 Å². The van der Waals surface area contributed by atoms with Gasteiger partial charge in [0.25, 0.3) is 0 Å². The smallest absolute Gasteiger partial charge is 0.320 e. The normalized spacial score (nSPS) is 13.2. The van der Waals surface area contributed by atoms with Crippen LogP contribution < -0.4 is 5.73 Å². The second kappa shape index (κ2) is 12.1. The third-order valence-electron chi connectivity index (χ3n) is 1.80. The average Bonchev–Trinajstić information content (AvgIpc) is 2.26. The van der Waals surface area contributed by atoms with Crippen LogP contribution in [0, 0.1) is 0 Å². The fraction of sp³-hybridized carbons (Fsp3) is 0.800. The summed E-state index contributed by atoms with van der Waals surface area (Å²) in [5.41, 5.74) is 5.19. The molecule has 2 unspecified atom stereocenters. The number of nitrogens with two attached hydrogens (primary N) is 1. The molecule has 7 heteroatoms. The molecule has 0 rings (SSSR count). The van der Waals surface area contributed by atoms with E-state index in [9.17, 15) is 4.79 Å². The van der Waals surface area contributed by atoms with Crippen molar-refractivity contribution in [3.63, 3.8) is 0 Å². The Bertz CT molecular complexity index is 226. The van der Waals surface area contributed by atoms with Gasteiger partial charge in [-0.05, 0) is 37.1 Å². The zero-order valence-corrected chi connectivity index (χ0v) is 11.8. The molecular weight excluding hydrogens is 262 g/mol. The monoisotopic (exact) mass is 283 g/mol. The summed E-state index contributed by atoms with van der Waals surface area (Å²) in [7, 11) is 0. The summed E-state index contributed by atoms with van der Waals surface area (Å²) < 4.78 is 0. The first-order valence-electron chi connectivity index (χ1n) is 5.24. The number of rotatable bonds is 7. The maximum absolute atomic E-state index is 10.1. The van der Waals surface area contributed by atoms with Gasteiger partial charge in [-0.2, -0.15) is 11.8 Å². The molecular formula is C10H21NO4S2. The second-order valence-corrected chi connectivity index (χ2v) is 4.77. The summed E-state index contributed by atoms with van der Waals surface area (Å²) in [5, 5.41) is 25.1. The molecule has 0 aliphatic carbocycles. The van der Waals surface area contributed by atoms with E-state index in [1.54, 1.807) is 11.8 Å². The first-order chi connectivity index (χ1) is 7.86. The van der Waals surface area contributed by atoms with Gasteiger partial charge in [-0.15, -0.1) is 0 Å². The van der Waals surface area contributed by atoms with Gasteiger partial charge < -0.3 is 21.1 Å². The molecule has 0 saturated heterocycles. The van der Waals surface area contributed by atoms with Crippen LogP contribution in [-0.4, -0.2) is 50.5 Å². The van der Waals surface area contributed by atoms with Gasteiger partial charge in [-0.25, -0.2) is 0 Å². The molecule has 2 atom stereocenters. The number of thioether (sulfide) groups is 1. The Morgan fingerprint density at radius 1 is 1.41 bits per heavy atom. The van der Waals surface area contributed by atoms with E-state index in [2.05, 4.69) is 12.2 Å². The van der Waals surface area contributed by atoms with Gasteiger partial charge in [0.2, 0.25) is 0 Å². The van der Waals surface area contributed by atoms with Crippen molar-refractivity contribution < 1.29 is 20.1 Å². The molecule has 0 radical (unpaired) electrons. The Labute approximate surface area is 111 Å². The number of hydrogen-bond acceptors (Lipinski definition) is 5. The Balaban J connectivity index is 0. The van der Waals surface area contributed by atoms with Crippen LogP contribution in [0.15, 0.2) is 0 Å². The van der Waals surface area contributed by atoms with Crippen molar-refractivity contribution in [3.05, 3.63) is 0 Å². The second-order valence-electron chi connectivity index (χ2n) is 3.37. The number of thiocarbonyl (C=S) groups is 1. The lowest BCUT2D eigenvalue weighted by molar-refractivity contribution is -0.138. The van der Waals surface area contributed by atoms with Crippen molar-refractivity contribution in [2.24, 2.45) is 5.73 Å². The maximum Gasteiger partial charge on any atom is 0.320 e. The van der Waals surface area contributed by atoms with Crippen LogP contribution in [0.5, 0.6) is 0 Å². The summed E-state index contributed by atoms with van der Waals surface area (Å²) in [6, 6.07) is -0.683. The molecule has 102 valence electrons. The highest BCUT2D eigenvalue weighted by Crippen LogP contribution is 1.97. The first kappa shape index (κ1) is 19.0. The number of aliphatic hydroxyl groups is 2. The first-order valence-corrected chi connectivity index (χ1v) is 7.05. The van der Waals surface area contributed by atoms with Crippen molar-refractivity contribution in [3.8, 4) is 0 Å². The fourth-order valence-corrected chi connectivity index (χ4v) is 1.37. The van der Waals surface area contributed by atoms with Crippen molar-refractivity contribution in [2.75, 3.05) is 12.0 Å². The lowest BCUT2D eigenvalue weighted by Crippen LogP contribution is -2.30. The molecule has 0 saturated carbocycles. The van der Waals surface area contributed by atoms with Gasteiger partial charge in [-0.1, -0.05) is 13.3 Å². The van der Waals surface area contributed by atoms with Crippen LogP contribution in [0.4, 0.5) is 0 Å². The van der Waals surface area contributed by atoms with Crippen LogP contribution in [-0.2, 0) is 4.79 Å². The van der Waals surface area contributed by atoms with E-state index in [0.717, 1.165) is 12.2 Å². The molecule has 0 heterocycles. The predicted octanol–water partition coefficient (Wildman–Crippen LogP) is 1.18. The molecule has 5 nitrogen and oxygen atoms in total. The average molecular weight is 283 g/mol. The van der Waals surface area contributed by atoms with E-state index in [-0.39, 0.29) is 5.05 Å².